The average molecular weight is 298 g/mol. The van der Waals surface area contributed by atoms with E-state index in [1.807, 2.05) is 37.3 Å². The number of aromatic nitrogens is 3. The van der Waals surface area contributed by atoms with E-state index in [0.717, 1.165) is 21.3 Å². The predicted molar refractivity (Wildman–Crippen MR) is 83.4 cm³/mol. The first-order valence-electron chi connectivity index (χ1n) is 6.46. The molecule has 2 heterocycles. The minimum Gasteiger partial charge on any atom is -0.312 e. The highest BCUT2D eigenvalue weighted by Crippen LogP contribution is 2.31. The molecule has 106 valence electrons. The van der Waals surface area contributed by atoms with Crippen molar-refractivity contribution in [1.82, 2.24) is 14.8 Å². The number of hydrogen-bond donors (Lipinski definition) is 1. The van der Waals surface area contributed by atoms with Crippen LogP contribution in [0.1, 0.15) is 16.1 Å². The fourth-order valence-corrected chi connectivity index (χ4v) is 2.90. The number of aryl methyl sites for hydroxylation is 2. The van der Waals surface area contributed by atoms with Gasteiger partial charge in [0.25, 0.3) is 5.91 Å². The largest absolute Gasteiger partial charge is 0.312 e. The van der Waals surface area contributed by atoms with E-state index in [1.165, 1.54) is 11.3 Å². The first-order chi connectivity index (χ1) is 10.1. The Balaban J connectivity index is 1.84. The highest BCUT2D eigenvalue weighted by atomic mass is 32.1. The van der Waals surface area contributed by atoms with E-state index in [1.54, 1.807) is 24.1 Å². The van der Waals surface area contributed by atoms with Crippen molar-refractivity contribution >= 4 is 22.2 Å². The molecule has 3 aromatic rings. The summed E-state index contributed by atoms with van der Waals surface area (Å²) in [7, 11) is 1.78. The van der Waals surface area contributed by atoms with Crippen LogP contribution >= 0.6 is 11.3 Å². The van der Waals surface area contributed by atoms with Crippen LogP contribution in [-0.2, 0) is 7.05 Å². The van der Waals surface area contributed by atoms with Crippen LogP contribution in [-0.4, -0.2) is 20.7 Å². The van der Waals surface area contributed by atoms with Crippen LogP contribution < -0.4 is 5.32 Å². The number of carbonyl (C=O) groups is 1. The highest BCUT2D eigenvalue weighted by molar-refractivity contribution is 7.19. The van der Waals surface area contributed by atoms with Crippen molar-refractivity contribution in [3.05, 3.63) is 54.0 Å². The van der Waals surface area contributed by atoms with Gasteiger partial charge in [0.2, 0.25) is 0 Å². The number of benzene rings is 1. The maximum atomic E-state index is 12.1. The van der Waals surface area contributed by atoms with Crippen LogP contribution in [0, 0.1) is 6.92 Å². The van der Waals surface area contributed by atoms with E-state index >= 15 is 0 Å². The maximum absolute atomic E-state index is 12.1. The van der Waals surface area contributed by atoms with E-state index in [9.17, 15) is 4.79 Å². The summed E-state index contributed by atoms with van der Waals surface area (Å²) in [5.41, 5.74) is 2.40. The van der Waals surface area contributed by atoms with Gasteiger partial charge in [-0.15, -0.1) is 0 Å². The van der Waals surface area contributed by atoms with Crippen LogP contribution in [0.4, 0.5) is 5.00 Å². The highest BCUT2D eigenvalue weighted by Gasteiger charge is 2.14. The predicted octanol–water partition coefficient (Wildman–Crippen LogP) is 3.10. The van der Waals surface area contributed by atoms with E-state index in [4.69, 9.17) is 0 Å². The Bertz CT molecular complexity index is 776. The number of thiazole rings is 1. The van der Waals surface area contributed by atoms with Gasteiger partial charge in [-0.1, -0.05) is 41.7 Å². The van der Waals surface area contributed by atoms with Gasteiger partial charge >= 0.3 is 0 Å². The number of rotatable bonds is 3. The van der Waals surface area contributed by atoms with E-state index in [-0.39, 0.29) is 5.91 Å². The fraction of sp³-hybridized carbons (Fsp3) is 0.133. The maximum Gasteiger partial charge on any atom is 0.259 e. The van der Waals surface area contributed by atoms with Crippen molar-refractivity contribution in [2.24, 2.45) is 7.05 Å². The van der Waals surface area contributed by atoms with Crippen molar-refractivity contribution in [3.63, 3.8) is 0 Å². The molecule has 0 atom stereocenters. The number of nitrogens with one attached hydrogen (secondary N) is 1. The third-order valence-corrected chi connectivity index (χ3v) is 4.13. The molecule has 1 aromatic carbocycles. The molecule has 0 radical (unpaired) electrons. The van der Waals surface area contributed by atoms with Gasteiger partial charge in [-0.05, 0) is 6.92 Å². The number of carbonyl (C=O) groups excluding carboxylic acids is 1. The van der Waals surface area contributed by atoms with Crippen molar-refractivity contribution < 1.29 is 4.79 Å². The molecule has 3 rings (SSSR count). The second-order valence-electron chi connectivity index (χ2n) is 4.66. The van der Waals surface area contributed by atoms with Gasteiger partial charge in [-0.25, -0.2) is 4.98 Å². The number of nitrogens with zero attached hydrogens (tertiary/aromatic N) is 3. The molecule has 6 heteroatoms. The topological polar surface area (TPSA) is 59.8 Å². The monoisotopic (exact) mass is 298 g/mol. The Morgan fingerprint density at radius 1 is 1.29 bits per heavy atom. The lowest BCUT2D eigenvalue weighted by molar-refractivity contribution is 0.102. The molecule has 0 aliphatic heterocycles. The molecule has 0 saturated carbocycles. The molecule has 0 spiro atoms. The zero-order valence-corrected chi connectivity index (χ0v) is 12.5. The Hall–Kier alpha value is -2.47. The third kappa shape index (κ3) is 2.85. The summed E-state index contributed by atoms with van der Waals surface area (Å²) in [5, 5.41) is 8.56. The van der Waals surface area contributed by atoms with Crippen molar-refractivity contribution in [1.29, 1.82) is 0 Å². The second kappa shape index (κ2) is 5.49. The molecular formula is C15H14N4OS. The Morgan fingerprint density at radius 3 is 2.71 bits per heavy atom. The fourth-order valence-electron chi connectivity index (χ4n) is 1.93. The minimum atomic E-state index is -0.172. The second-order valence-corrected chi connectivity index (χ2v) is 5.66. The molecule has 0 unspecified atom stereocenters. The summed E-state index contributed by atoms with van der Waals surface area (Å²) in [6.45, 7) is 1.89. The Morgan fingerprint density at radius 2 is 2.05 bits per heavy atom. The summed E-state index contributed by atoms with van der Waals surface area (Å²) in [5.74, 6) is -0.172. The molecule has 1 amide bonds. The molecule has 1 N–H and O–H groups in total. The lowest BCUT2D eigenvalue weighted by atomic mass is 10.2. The molecule has 0 fully saturated rings. The van der Waals surface area contributed by atoms with E-state index in [2.05, 4.69) is 15.4 Å². The van der Waals surface area contributed by atoms with Gasteiger partial charge in [-0.2, -0.15) is 5.10 Å². The van der Waals surface area contributed by atoms with Crippen molar-refractivity contribution in [2.45, 2.75) is 6.92 Å². The third-order valence-electron chi connectivity index (χ3n) is 3.01. The molecule has 2 aromatic heterocycles. The first-order valence-corrected chi connectivity index (χ1v) is 7.28. The number of hydrogen-bond acceptors (Lipinski definition) is 4. The first kappa shape index (κ1) is 13.5. The standard InChI is InChI=1S/C15H14N4OS/c1-10-14(18-13(20)12-8-16-19(2)9-12)21-15(17-10)11-6-4-3-5-7-11/h3-9H,1-2H3,(H,18,20). The molecule has 0 aliphatic rings. The molecule has 21 heavy (non-hydrogen) atoms. The van der Waals surface area contributed by atoms with Gasteiger partial charge in [0.1, 0.15) is 10.0 Å². The summed E-state index contributed by atoms with van der Waals surface area (Å²) in [6, 6.07) is 9.92. The van der Waals surface area contributed by atoms with Gasteiger partial charge in [0.15, 0.2) is 0 Å². The van der Waals surface area contributed by atoms with Gasteiger partial charge in [0, 0.05) is 18.8 Å². The molecule has 0 bridgehead atoms. The zero-order chi connectivity index (χ0) is 14.8. The van der Waals surface area contributed by atoms with Gasteiger partial charge < -0.3 is 5.32 Å². The quantitative estimate of drug-likeness (QED) is 0.808. The normalized spacial score (nSPS) is 10.6. The van der Waals surface area contributed by atoms with Gasteiger partial charge in [-0.3, -0.25) is 9.48 Å². The van der Waals surface area contributed by atoms with Gasteiger partial charge in [0.05, 0.1) is 17.5 Å². The lowest BCUT2D eigenvalue weighted by Crippen LogP contribution is -2.10. The average Bonchev–Trinajstić information content (AvgIpc) is 3.07. The van der Waals surface area contributed by atoms with Crippen LogP contribution in [0.15, 0.2) is 42.7 Å². The van der Waals surface area contributed by atoms with E-state index < -0.39 is 0 Å². The molecule has 0 aliphatic carbocycles. The molecule has 0 saturated heterocycles. The Kier molecular flexibility index (Phi) is 3.53. The van der Waals surface area contributed by atoms with Crippen molar-refractivity contribution in [3.8, 4) is 10.6 Å². The summed E-state index contributed by atoms with van der Waals surface area (Å²) < 4.78 is 1.60. The van der Waals surface area contributed by atoms with Crippen LogP contribution in [0.5, 0.6) is 0 Å². The van der Waals surface area contributed by atoms with Crippen LogP contribution in [0.2, 0.25) is 0 Å². The SMILES string of the molecule is Cc1nc(-c2ccccc2)sc1NC(=O)c1cnn(C)c1. The minimum absolute atomic E-state index is 0.172. The smallest absolute Gasteiger partial charge is 0.259 e. The van der Waals surface area contributed by atoms with Crippen LogP contribution in [0.25, 0.3) is 10.6 Å². The molecule has 5 nitrogen and oxygen atoms in total. The molecular weight excluding hydrogens is 284 g/mol. The lowest BCUT2D eigenvalue weighted by Gasteiger charge is -2.00. The summed E-state index contributed by atoms with van der Waals surface area (Å²) in [4.78, 5) is 16.7. The summed E-state index contributed by atoms with van der Waals surface area (Å²) >= 11 is 1.47. The Labute approximate surface area is 126 Å². The van der Waals surface area contributed by atoms with Crippen molar-refractivity contribution in [2.75, 3.05) is 5.32 Å². The number of anilines is 1. The van der Waals surface area contributed by atoms with E-state index in [0.29, 0.717) is 5.56 Å². The summed E-state index contributed by atoms with van der Waals surface area (Å²) in [6.07, 6.45) is 3.23. The van der Waals surface area contributed by atoms with Crippen LogP contribution in [0.3, 0.4) is 0 Å². The number of amides is 1. The zero-order valence-electron chi connectivity index (χ0n) is 11.7.